The van der Waals surface area contributed by atoms with Gasteiger partial charge in [-0.3, -0.25) is 9.69 Å². The molecule has 0 N–H and O–H groups in total. The van der Waals surface area contributed by atoms with Crippen molar-refractivity contribution in [3.05, 3.63) is 29.8 Å². The third kappa shape index (κ3) is 1.69. The first-order chi connectivity index (χ1) is 7.98. The number of carbonyl (C=O) groups is 2. The zero-order chi connectivity index (χ0) is 12.6. The molecular formula is C13H15NO3. The highest BCUT2D eigenvalue weighted by Crippen LogP contribution is 2.34. The predicted molar refractivity (Wildman–Crippen MR) is 63.7 cm³/mol. The molecule has 0 saturated heterocycles. The molecule has 0 atom stereocenters. The SMILES string of the molecule is COC(=O)C(C)(C)N1C(=O)Cc2ccccc21. The molecule has 1 heterocycles. The summed E-state index contributed by atoms with van der Waals surface area (Å²) >= 11 is 0. The quantitative estimate of drug-likeness (QED) is 0.728. The third-order valence-corrected chi connectivity index (χ3v) is 3.07. The number of hydrogen-bond acceptors (Lipinski definition) is 3. The van der Waals surface area contributed by atoms with Gasteiger partial charge in [-0.1, -0.05) is 18.2 Å². The molecule has 0 spiro atoms. The molecule has 1 aromatic carbocycles. The Morgan fingerprint density at radius 3 is 2.65 bits per heavy atom. The summed E-state index contributed by atoms with van der Waals surface area (Å²) in [5.74, 6) is -0.482. The highest BCUT2D eigenvalue weighted by atomic mass is 16.5. The molecule has 4 heteroatoms. The summed E-state index contributed by atoms with van der Waals surface area (Å²) in [5, 5.41) is 0. The first-order valence-corrected chi connectivity index (χ1v) is 5.48. The number of ether oxygens (including phenoxy) is 1. The number of rotatable bonds is 2. The molecule has 0 aromatic heterocycles. The lowest BCUT2D eigenvalue weighted by molar-refractivity contribution is -0.147. The summed E-state index contributed by atoms with van der Waals surface area (Å²) < 4.78 is 4.76. The lowest BCUT2D eigenvalue weighted by Crippen LogP contribution is -2.52. The molecule has 2 rings (SSSR count). The normalized spacial score (nSPS) is 14.8. The number of methoxy groups -OCH3 is 1. The second-order valence-corrected chi connectivity index (χ2v) is 4.59. The number of nitrogens with zero attached hydrogens (tertiary/aromatic N) is 1. The van der Waals surface area contributed by atoms with Crippen LogP contribution in [0.25, 0.3) is 0 Å². The minimum atomic E-state index is -0.974. The molecule has 0 saturated carbocycles. The Hall–Kier alpha value is -1.84. The van der Waals surface area contributed by atoms with Gasteiger partial charge in [-0.05, 0) is 25.5 Å². The Morgan fingerprint density at radius 1 is 1.35 bits per heavy atom. The van der Waals surface area contributed by atoms with Gasteiger partial charge in [0.05, 0.1) is 13.5 Å². The highest BCUT2D eigenvalue weighted by molar-refractivity contribution is 6.07. The molecule has 0 unspecified atom stereocenters. The van der Waals surface area contributed by atoms with Crippen molar-refractivity contribution in [1.29, 1.82) is 0 Å². The van der Waals surface area contributed by atoms with Gasteiger partial charge < -0.3 is 4.74 Å². The fraction of sp³-hybridized carbons (Fsp3) is 0.385. The van der Waals surface area contributed by atoms with E-state index >= 15 is 0 Å². The Kier molecular flexibility index (Phi) is 2.65. The topological polar surface area (TPSA) is 46.6 Å². The lowest BCUT2D eigenvalue weighted by atomic mass is 10.0. The smallest absolute Gasteiger partial charge is 0.331 e. The van der Waals surface area contributed by atoms with Gasteiger partial charge in [-0.25, -0.2) is 4.79 Å². The minimum Gasteiger partial charge on any atom is -0.467 e. The number of amides is 1. The van der Waals surface area contributed by atoms with E-state index in [0.717, 1.165) is 11.3 Å². The second-order valence-electron chi connectivity index (χ2n) is 4.59. The summed E-state index contributed by atoms with van der Waals surface area (Å²) in [6.07, 6.45) is 0.344. The third-order valence-electron chi connectivity index (χ3n) is 3.07. The maximum absolute atomic E-state index is 12.0. The molecule has 0 bridgehead atoms. The molecule has 0 radical (unpaired) electrons. The van der Waals surface area contributed by atoms with Crippen LogP contribution in [0.4, 0.5) is 5.69 Å². The zero-order valence-corrected chi connectivity index (χ0v) is 10.2. The monoisotopic (exact) mass is 233 g/mol. The number of para-hydroxylation sites is 1. The fourth-order valence-electron chi connectivity index (χ4n) is 2.21. The van der Waals surface area contributed by atoms with E-state index in [2.05, 4.69) is 0 Å². The Bertz CT molecular complexity index is 479. The number of hydrogen-bond donors (Lipinski definition) is 0. The molecule has 0 fully saturated rings. The number of fused-ring (bicyclic) bond motifs is 1. The maximum Gasteiger partial charge on any atom is 0.331 e. The van der Waals surface area contributed by atoms with E-state index in [-0.39, 0.29) is 5.91 Å². The Labute approximate surface area is 100 Å². The Morgan fingerprint density at radius 2 is 2.00 bits per heavy atom. The van der Waals surface area contributed by atoms with Crippen molar-refractivity contribution in [1.82, 2.24) is 0 Å². The van der Waals surface area contributed by atoms with Crippen LogP contribution in [0.2, 0.25) is 0 Å². The van der Waals surface area contributed by atoms with Gasteiger partial charge in [-0.15, -0.1) is 0 Å². The van der Waals surface area contributed by atoms with Crippen molar-refractivity contribution >= 4 is 17.6 Å². The van der Waals surface area contributed by atoms with Crippen molar-refractivity contribution in [2.45, 2.75) is 25.8 Å². The van der Waals surface area contributed by atoms with E-state index in [4.69, 9.17) is 4.74 Å². The largest absolute Gasteiger partial charge is 0.467 e. The van der Waals surface area contributed by atoms with Crippen LogP contribution < -0.4 is 4.90 Å². The summed E-state index contributed by atoms with van der Waals surface area (Å²) in [7, 11) is 1.33. The summed E-state index contributed by atoms with van der Waals surface area (Å²) in [6, 6.07) is 7.50. The van der Waals surface area contributed by atoms with Gasteiger partial charge in [0.25, 0.3) is 0 Å². The summed E-state index contributed by atoms with van der Waals surface area (Å²) in [6.45, 7) is 3.39. The highest BCUT2D eigenvalue weighted by Gasteiger charge is 2.43. The standard InChI is InChI=1S/C13H15NO3/c1-13(2,12(16)17-3)14-10-7-5-4-6-9(10)8-11(14)15/h4-7H,8H2,1-3H3. The number of anilines is 1. The summed E-state index contributed by atoms with van der Waals surface area (Å²) in [5.41, 5.74) is 0.778. The lowest BCUT2D eigenvalue weighted by Gasteiger charge is -2.33. The van der Waals surface area contributed by atoms with E-state index in [9.17, 15) is 9.59 Å². The average molecular weight is 233 g/mol. The van der Waals surface area contributed by atoms with Crippen LogP contribution in [-0.2, 0) is 20.7 Å². The van der Waals surface area contributed by atoms with Crippen molar-refractivity contribution in [2.24, 2.45) is 0 Å². The van der Waals surface area contributed by atoms with E-state index in [1.807, 2.05) is 24.3 Å². The van der Waals surface area contributed by atoms with Gasteiger partial charge in [0, 0.05) is 5.69 Å². The molecule has 4 nitrogen and oxygen atoms in total. The van der Waals surface area contributed by atoms with Crippen LogP contribution in [0, 0.1) is 0 Å². The van der Waals surface area contributed by atoms with Gasteiger partial charge in [0.2, 0.25) is 5.91 Å². The van der Waals surface area contributed by atoms with Gasteiger partial charge in [0.1, 0.15) is 5.54 Å². The van der Waals surface area contributed by atoms with Crippen LogP contribution in [0.15, 0.2) is 24.3 Å². The van der Waals surface area contributed by atoms with E-state index in [0.29, 0.717) is 6.42 Å². The minimum absolute atomic E-state index is 0.0680. The molecule has 17 heavy (non-hydrogen) atoms. The van der Waals surface area contributed by atoms with Crippen molar-refractivity contribution in [3.8, 4) is 0 Å². The molecule has 1 aliphatic rings. The van der Waals surface area contributed by atoms with Crippen molar-refractivity contribution in [3.63, 3.8) is 0 Å². The van der Waals surface area contributed by atoms with Crippen LogP contribution in [0.1, 0.15) is 19.4 Å². The number of benzene rings is 1. The number of carbonyl (C=O) groups excluding carboxylic acids is 2. The first kappa shape index (κ1) is 11.6. The van der Waals surface area contributed by atoms with Crippen LogP contribution in [0.3, 0.4) is 0 Å². The Balaban J connectivity index is 2.46. The van der Waals surface area contributed by atoms with Crippen molar-refractivity contribution < 1.29 is 14.3 Å². The molecule has 1 aliphatic heterocycles. The van der Waals surface area contributed by atoms with Crippen LogP contribution >= 0.6 is 0 Å². The first-order valence-electron chi connectivity index (χ1n) is 5.48. The molecule has 0 aliphatic carbocycles. The fourth-order valence-corrected chi connectivity index (χ4v) is 2.21. The maximum atomic E-state index is 12.0. The zero-order valence-electron chi connectivity index (χ0n) is 10.2. The van der Waals surface area contributed by atoms with E-state index in [1.165, 1.54) is 12.0 Å². The molecular weight excluding hydrogens is 218 g/mol. The summed E-state index contributed by atoms with van der Waals surface area (Å²) in [4.78, 5) is 25.3. The van der Waals surface area contributed by atoms with E-state index < -0.39 is 11.5 Å². The molecule has 90 valence electrons. The van der Waals surface area contributed by atoms with Crippen molar-refractivity contribution in [2.75, 3.05) is 12.0 Å². The van der Waals surface area contributed by atoms with Gasteiger partial charge in [0.15, 0.2) is 0 Å². The second kappa shape index (κ2) is 3.87. The average Bonchev–Trinajstić information content (AvgIpc) is 2.64. The molecule has 1 amide bonds. The van der Waals surface area contributed by atoms with E-state index in [1.54, 1.807) is 13.8 Å². The van der Waals surface area contributed by atoms with Gasteiger partial charge in [-0.2, -0.15) is 0 Å². The number of esters is 1. The van der Waals surface area contributed by atoms with Crippen LogP contribution in [0.5, 0.6) is 0 Å². The molecule has 1 aromatic rings. The van der Waals surface area contributed by atoms with Crippen LogP contribution in [-0.4, -0.2) is 24.5 Å². The predicted octanol–water partition coefficient (Wildman–Crippen LogP) is 1.53. The van der Waals surface area contributed by atoms with Gasteiger partial charge >= 0.3 is 5.97 Å².